The minimum absolute atomic E-state index is 0.255. The minimum atomic E-state index is -0.255. The maximum absolute atomic E-state index is 2.60. The van der Waals surface area contributed by atoms with Crippen molar-refractivity contribution in [1.82, 2.24) is 9.13 Å². The first kappa shape index (κ1) is 39.0. The Labute approximate surface area is 410 Å². The maximum Gasteiger partial charge on any atom is 0.0541 e. The van der Waals surface area contributed by atoms with Crippen molar-refractivity contribution in [2.24, 2.45) is 0 Å². The fourth-order valence-corrected chi connectivity index (χ4v) is 13.2. The van der Waals surface area contributed by atoms with Crippen molar-refractivity contribution in [3.63, 3.8) is 0 Å². The van der Waals surface area contributed by atoms with E-state index < -0.39 is 0 Å². The van der Waals surface area contributed by atoms with E-state index in [1.165, 1.54) is 131 Å². The topological polar surface area (TPSA) is 13.1 Å². The van der Waals surface area contributed by atoms with Gasteiger partial charge in [0.25, 0.3) is 0 Å². The van der Waals surface area contributed by atoms with E-state index in [9.17, 15) is 0 Å². The zero-order valence-corrected chi connectivity index (χ0v) is 39.4. The molecule has 3 heterocycles. The van der Waals surface area contributed by atoms with Crippen molar-refractivity contribution in [3.8, 4) is 22.5 Å². The van der Waals surface area contributed by atoms with Crippen LogP contribution < -0.4 is 4.90 Å². The van der Waals surface area contributed by atoms with Crippen molar-refractivity contribution < 1.29 is 0 Å². The second kappa shape index (κ2) is 14.1. The molecule has 71 heavy (non-hydrogen) atoms. The van der Waals surface area contributed by atoms with Gasteiger partial charge in [-0.1, -0.05) is 159 Å². The van der Waals surface area contributed by atoms with Crippen LogP contribution in [0.15, 0.2) is 224 Å². The maximum atomic E-state index is 2.60. The molecule has 2 aromatic heterocycles. The first-order valence-electron chi connectivity index (χ1n) is 25.0. The van der Waals surface area contributed by atoms with E-state index >= 15 is 0 Å². The molecule has 0 saturated carbocycles. The van der Waals surface area contributed by atoms with E-state index in [4.69, 9.17) is 0 Å². The van der Waals surface area contributed by atoms with E-state index in [0.29, 0.717) is 0 Å². The fraction of sp³-hybridized carbons (Fsp3) is 0.0588. The molecule has 1 aliphatic heterocycles. The highest BCUT2D eigenvalue weighted by atomic mass is 15.2. The van der Waals surface area contributed by atoms with Crippen LogP contribution in [0.25, 0.3) is 109 Å². The fourth-order valence-electron chi connectivity index (χ4n) is 13.2. The van der Waals surface area contributed by atoms with Gasteiger partial charge in [0.05, 0.1) is 50.5 Å². The molecule has 0 fully saturated rings. The molecule has 0 unspecified atom stereocenters. The summed E-state index contributed by atoms with van der Waals surface area (Å²) in [4.78, 5) is 2.60. The quantitative estimate of drug-likeness (QED) is 0.161. The van der Waals surface area contributed by atoms with Gasteiger partial charge < -0.3 is 14.0 Å². The number of fused-ring (bicyclic) bond motifs is 18. The lowest BCUT2D eigenvalue weighted by Crippen LogP contribution is -2.21. The summed E-state index contributed by atoms with van der Waals surface area (Å²) in [6.45, 7) is 4.88. The molecule has 14 aromatic rings. The molecular formula is C68H45N3. The Morgan fingerprint density at radius 2 is 0.676 bits per heavy atom. The van der Waals surface area contributed by atoms with E-state index in [-0.39, 0.29) is 5.41 Å². The van der Waals surface area contributed by atoms with Gasteiger partial charge in [-0.2, -0.15) is 0 Å². The Hall–Kier alpha value is -8.92. The third kappa shape index (κ3) is 5.33. The van der Waals surface area contributed by atoms with E-state index in [0.717, 1.165) is 23.5 Å². The molecule has 0 radical (unpaired) electrons. The van der Waals surface area contributed by atoms with E-state index in [2.05, 4.69) is 252 Å². The van der Waals surface area contributed by atoms with Gasteiger partial charge in [0.1, 0.15) is 0 Å². The van der Waals surface area contributed by atoms with E-state index in [1.807, 2.05) is 0 Å². The van der Waals surface area contributed by atoms with Crippen LogP contribution in [0.2, 0.25) is 0 Å². The Bertz CT molecular complexity index is 4420. The average molecular weight is 904 g/mol. The molecule has 2 aliphatic rings. The van der Waals surface area contributed by atoms with Crippen LogP contribution >= 0.6 is 0 Å². The van der Waals surface area contributed by atoms with E-state index in [1.54, 1.807) is 0 Å². The van der Waals surface area contributed by atoms with Gasteiger partial charge in [-0.25, -0.2) is 0 Å². The van der Waals surface area contributed by atoms with Crippen LogP contribution in [0, 0.1) is 0 Å². The summed E-state index contributed by atoms with van der Waals surface area (Å²) in [5.74, 6) is 0. The molecule has 0 N–H and O–H groups in total. The Kier molecular flexibility index (Phi) is 7.74. The highest BCUT2D eigenvalue weighted by molar-refractivity contribution is 6.26. The zero-order valence-electron chi connectivity index (χ0n) is 39.4. The third-order valence-electron chi connectivity index (χ3n) is 16.4. The minimum Gasteiger partial charge on any atom is -0.310 e. The summed E-state index contributed by atoms with van der Waals surface area (Å²) in [6, 6.07) is 84.7. The zero-order chi connectivity index (χ0) is 46.7. The number of nitrogens with zero attached hydrogens (tertiary/aromatic N) is 3. The van der Waals surface area contributed by atoms with Crippen molar-refractivity contribution in [1.29, 1.82) is 0 Å². The summed E-state index contributed by atoms with van der Waals surface area (Å²) in [5.41, 5.74) is 18.4. The lowest BCUT2D eigenvalue weighted by molar-refractivity contribution is 0.661. The lowest BCUT2D eigenvalue weighted by atomic mass is 9.80. The standard InChI is InChI=1S/C68H45N3/c1-68(2)60-39-57-51-22-8-6-20-49(51)48-19-5-7-21-50(48)56(57)38-59(60)58-33-44-32-43-31-41-17-3-4-18-42(41)34-66(43)71(67(44)40-61(58)68)47-36-45(69-62-27-13-9-23-52(62)53-24-10-14-28-63(53)69)35-46(37-47)70-64-29-15-11-25-54(64)55-26-12-16-30-65(55)70/h3-31,33-40H,32H2,1-2H3. The van der Waals surface area contributed by atoms with Crippen LogP contribution in [0.3, 0.4) is 0 Å². The number of para-hydroxylation sites is 4. The molecule has 12 aromatic carbocycles. The molecule has 0 saturated heterocycles. The first-order chi connectivity index (χ1) is 35.0. The number of anilines is 3. The van der Waals surface area contributed by atoms with Crippen LogP contribution in [-0.4, -0.2) is 9.13 Å². The normalized spacial score (nSPS) is 13.8. The molecular weight excluding hydrogens is 859 g/mol. The predicted octanol–water partition coefficient (Wildman–Crippen LogP) is 18.2. The van der Waals surface area contributed by atoms with Gasteiger partial charge in [-0.05, 0) is 155 Å². The Balaban J connectivity index is 0.998. The van der Waals surface area contributed by atoms with Gasteiger partial charge in [0.2, 0.25) is 0 Å². The predicted molar refractivity (Wildman–Crippen MR) is 300 cm³/mol. The first-order valence-corrected chi connectivity index (χ1v) is 25.0. The van der Waals surface area contributed by atoms with Gasteiger partial charge in [-0.3, -0.25) is 0 Å². The summed E-state index contributed by atoms with van der Waals surface area (Å²) in [5, 5.41) is 15.4. The number of benzene rings is 12. The second-order valence-electron chi connectivity index (χ2n) is 20.5. The lowest BCUT2D eigenvalue weighted by Gasteiger charge is -2.36. The summed E-state index contributed by atoms with van der Waals surface area (Å²) in [7, 11) is 0. The Morgan fingerprint density at radius 1 is 0.310 bits per heavy atom. The molecule has 0 amide bonds. The number of hydrogen-bond acceptors (Lipinski definition) is 1. The summed E-state index contributed by atoms with van der Waals surface area (Å²) < 4.78 is 4.97. The monoisotopic (exact) mass is 903 g/mol. The SMILES string of the molecule is CC1(C)c2cc3c(cc2-c2cc4c5ccccc5c5ccccc5c4cc21)Cc1cc2ccccc2cc1N3c1cc(-n2c3ccccc3c3ccccc32)cc(-n2c3ccccc3c3ccccc32)c1. The molecule has 1 aliphatic carbocycles. The van der Waals surface area contributed by atoms with Crippen molar-refractivity contribution in [2.75, 3.05) is 4.90 Å². The van der Waals surface area contributed by atoms with Crippen LogP contribution in [-0.2, 0) is 11.8 Å². The number of rotatable bonds is 3. The molecule has 16 rings (SSSR count). The number of aromatic nitrogens is 2. The highest BCUT2D eigenvalue weighted by Crippen LogP contribution is 2.56. The highest BCUT2D eigenvalue weighted by Gasteiger charge is 2.39. The van der Waals surface area contributed by atoms with Gasteiger partial charge in [0, 0.05) is 33.4 Å². The van der Waals surface area contributed by atoms with Crippen LogP contribution in [0.4, 0.5) is 17.1 Å². The van der Waals surface area contributed by atoms with Crippen LogP contribution in [0.5, 0.6) is 0 Å². The molecule has 0 atom stereocenters. The van der Waals surface area contributed by atoms with Crippen molar-refractivity contribution in [2.45, 2.75) is 25.7 Å². The van der Waals surface area contributed by atoms with Crippen LogP contribution in [0.1, 0.15) is 36.1 Å². The van der Waals surface area contributed by atoms with Crippen molar-refractivity contribution in [3.05, 3.63) is 247 Å². The molecule has 3 nitrogen and oxygen atoms in total. The van der Waals surface area contributed by atoms with Crippen molar-refractivity contribution >= 4 is 104 Å². The third-order valence-corrected chi connectivity index (χ3v) is 16.4. The smallest absolute Gasteiger partial charge is 0.0541 e. The summed E-state index contributed by atoms with van der Waals surface area (Å²) >= 11 is 0. The van der Waals surface area contributed by atoms with Gasteiger partial charge in [-0.15, -0.1) is 0 Å². The average Bonchev–Trinajstić information content (AvgIpc) is 4.01. The van der Waals surface area contributed by atoms with Gasteiger partial charge in [0.15, 0.2) is 0 Å². The van der Waals surface area contributed by atoms with Gasteiger partial charge >= 0.3 is 0 Å². The molecule has 332 valence electrons. The molecule has 3 heteroatoms. The second-order valence-corrected chi connectivity index (χ2v) is 20.5. The molecule has 0 spiro atoms. The molecule has 0 bridgehead atoms. The summed E-state index contributed by atoms with van der Waals surface area (Å²) in [6.07, 6.45) is 0.836. The number of hydrogen-bond donors (Lipinski definition) is 0. The Morgan fingerprint density at radius 3 is 1.20 bits per heavy atom. The largest absolute Gasteiger partial charge is 0.310 e.